The average molecular weight is 801 g/mol. The molecule has 10 nitrogen and oxygen atoms in total. The number of phenols is 3. The molecule has 0 amide bonds. The van der Waals surface area contributed by atoms with Crippen molar-refractivity contribution in [2.24, 2.45) is 11.8 Å². The summed E-state index contributed by atoms with van der Waals surface area (Å²) in [5.41, 5.74) is 6.15. The Balaban J connectivity index is 1.08. The number of aliphatic hydroxyl groups excluding tert-OH is 1. The quantitative estimate of drug-likeness (QED) is 0.101. The molecule has 0 bridgehead atoms. The number of aromatic hydroxyl groups is 3. The summed E-state index contributed by atoms with van der Waals surface area (Å²) >= 11 is 0. The topological polar surface area (TPSA) is 136 Å². The van der Waals surface area contributed by atoms with Gasteiger partial charge in [-0.1, -0.05) is 18.2 Å². The lowest BCUT2D eigenvalue weighted by molar-refractivity contribution is -0.111. The molecule has 0 aromatic heterocycles. The summed E-state index contributed by atoms with van der Waals surface area (Å²) in [7, 11) is 1.71. The van der Waals surface area contributed by atoms with Crippen LogP contribution >= 0.6 is 0 Å². The third-order valence-electron chi connectivity index (χ3n) is 13.4. The van der Waals surface area contributed by atoms with Crippen LogP contribution in [0.3, 0.4) is 0 Å². The number of benzene rings is 5. The van der Waals surface area contributed by atoms with E-state index in [9.17, 15) is 20.4 Å². The van der Waals surface area contributed by atoms with E-state index in [1.807, 2.05) is 36.4 Å². The lowest BCUT2D eigenvalue weighted by Crippen LogP contribution is -2.47. The average Bonchev–Trinajstić information content (AvgIpc) is 3.66. The van der Waals surface area contributed by atoms with Gasteiger partial charge in [0.25, 0.3) is 0 Å². The zero-order chi connectivity index (χ0) is 40.2. The van der Waals surface area contributed by atoms with Gasteiger partial charge in [-0.2, -0.15) is 0 Å². The fourth-order valence-corrected chi connectivity index (χ4v) is 10.7. The highest BCUT2D eigenvalue weighted by molar-refractivity contribution is 5.98. The second-order valence-electron chi connectivity index (χ2n) is 17.0. The molecule has 6 atom stereocenters. The molecular formula is C49H52O10. The minimum absolute atomic E-state index is 0.0906. The Kier molecular flexibility index (Phi) is 10.2. The minimum atomic E-state index is -0.938. The number of fused-ring (bicyclic) bond motifs is 4. The van der Waals surface area contributed by atoms with Crippen molar-refractivity contribution >= 4 is 10.8 Å². The van der Waals surface area contributed by atoms with Crippen LogP contribution in [-0.2, 0) is 15.9 Å². The van der Waals surface area contributed by atoms with E-state index >= 15 is 0 Å². The van der Waals surface area contributed by atoms with Gasteiger partial charge in [0.05, 0.1) is 31.5 Å². The second-order valence-corrected chi connectivity index (χ2v) is 17.0. The predicted octanol–water partition coefficient (Wildman–Crippen LogP) is 9.41. The van der Waals surface area contributed by atoms with Gasteiger partial charge in [0, 0.05) is 71.6 Å². The van der Waals surface area contributed by atoms with Crippen LogP contribution in [0.4, 0.5) is 0 Å². The summed E-state index contributed by atoms with van der Waals surface area (Å²) in [5, 5.41) is 46.2. The molecular weight excluding hydrogens is 749 g/mol. The van der Waals surface area contributed by atoms with Gasteiger partial charge in [0.1, 0.15) is 46.4 Å². The highest BCUT2D eigenvalue weighted by atomic mass is 16.5. The van der Waals surface area contributed by atoms with Crippen molar-refractivity contribution < 1.29 is 48.8 Å². The summed E-state index contributed by atoms with van der Waals surface area (Å²) in [5.74, 6) is 2.86. The van der Waals surface area contributed by atoms with Crippen molar-refractivity contribution in [3.63, 3.8) is 0 Å². The number of hydrogen-bond donors (Lipinski definition) is 4. The highest BCUT2D eigenvalue weighted by Crippen LogP contribution is 2.59. The van der Waals surface area contributed by atoms with Crippen LogP contribution in [0, 0.1) is 11.8 Å². The van der Waals surface area contributed by atoms with Crippen molar-refractivity contribution in [3.8, 4) is 51.4 Å². The molecule has 4 heterocycles. The van der Waals surface area contributed by atoms with E-state index in [-0.39, 0.29) is 47.9 Å². The third-order valence-corrected chi connectivity index (χ3v) is 13.4. The van der Waals surface area contributed by atoms with Crippen molar-refractivity contribution in [1.82, 2.24) is 0 Å². The Morgan fingerprint density at radius 2 is 1.56 bits per heavy atom. The number of hydrogen-bond acceptors (Lipinski definition) is 10. The molecule has 1 fully saturated rings. The molecule has 0 radical (unpaired) electrons. The molecule has 5 aliphatic rings. The molecule has 4 N–H and O–H groups in total. The van der Waals surface area contributed by atoms with E-state index < -0.39 is 18.1 Å². The smallest absolute Gasteiger partial charge is 0.133 e. The fourth-order valence-electron chi connectivity index (χ4n) is 10.7. The van der Waals surface area contributed by atoms with Gasteiger partial charge in [0.15, 0.2) is 0 Å². The number of methoxy groups -OCH3 is 1. The van der Waals surface area contributed by atoms with Gasteiger partial charge in [-0.05, 0) is 129 Å². The third kappa shape index (κ3) is 6.98. The predicted molar refractivity (Wildman–Crippen MR) is 222 cm³/mol. The Labute approximate surface area is 344 Å². The zero-order valence-electron chi connectivity index (χ0n) is 33.4. The van der Waals surface area contributed by atoms with Crippen molar-refractivity contribution in [1.29, 1.82) is 0 Å². The first kappa shape index (κ1) is 38.1. The number of aliphatic hydroxyl groups is 1. The first-order valence-corrected chi connectivity index (χ1v) is 21.3. The monoisotopic (exact) mass is 800 g/mol. The lowest BCUT2D eigenvalue weighted by Gasteiger charge is -2.47. The van der Waals surface area contributed by atoms with E-state index in [1.165, 1.54) is 0 Å². The molecule has 5 aromatic carbocycles. The summed E-state index contributed by atoms with van der Waals surface area (Å²) < 4.78 is 39.7. The zero-order valence-corrected chi connectivity index (χ0v) is 33.4. The van der Waals surface area contributed by atoms with Gasteiger partial charge in [0.2, 0.25) is 0 Å². The first-order valence-electron chi connectivity index (χ1n) is 21.3. The number of rotatable bonds is 10. The van der Waals surface area contributed by atoms with Crippen molar-refractivity contribution in [3.05, 3.63) is 101 Å². The van der Waals surface area contributed by atoms with Crippen LogP contribution in [0.1, 0.15) is 97.3 Å². The Morgan fingerprint density at radius 1 is 0.746 bits per heavy atom. The molecule has 0 spiro atoms. The molecule has 10 heteroatoms. The van der Waals surface area contributed by atoms with Crippen LogP contribution in [0.15, 0.2) is 72.8 Å². The summed E-state index contributed by atoms with van der Waals surface area (Å²) in [6.07, 6.45) is 6.14. The maximum atomic E-state index is 12.8. The van der Waals surface area contributed by atoms with E-state index in [0.717, 1.165) is 101 Å². The summed E-state index contributed by atoms with van der Waals surface area (Å²) in [4.78, 5) is 0. The van der Waals surface area contributed by atoms with Crippen LogP contribution in [0.25, 0.3) is 21.9 Å². The second kappa shape index (κ2) is 15.8. The van der Waals surface area contributed by atoms with Crippen LogP contribution < -0.4 is 18.9 Å². The summed E-state index contributed by atoms with van der Waals surface area (Å²) in [6, 6.07) is 21.8. The Bertz CT molecular complexity index is 2370. The van der Waals surface area contributed by atoms with Crippen LogP contribution in [-0.4, -0.2) is 66.2 Å². The van der Waals surface area contributed by atoms with Crippen molar-refractivity contribution in [2.75, 3.05) is 33.5 Å². The lowest BCUT2D eigenvalue weighted by atomic mass is 9.70. The molecule has 1 aliphatic carbocycles. The van der Waals surface area contributed by atoms with Gasteiger partial charge < -0.3 is 48.8 Å². The minimum Gasteiger partial charge on any atom is -0.508 e. The molecule has 4 aliphatic heterocycles. The van der Waals surface area contributed by atoms with E-state index in [2.05, 4.69) is 0 Å². The Morgan fingerprint density at radius 3 is 2.41 bits per heavy atom. The van der Waals surface area contributed by atoms with Crippen LogP contribution in [0.5, 0.6) is 40.2 Å². The number of ether oxygens (including phenoxy) is 6. The highest BCUT2D eigenvalue weighted by Gasteiger charge is 2.51. The largest absolute Gasteiger partial charge is 0.508 e. The van der Waals surface area contributed by atoms with Gasteiger partial charge in [-0.25, -0.2) is 0 Å². The van der Waals surface area contributed by atoms with E-state index in [1.54, 1.807) is 43.5 Å². The molecule has 1 unspecified atom stereocenters. The van der Waals surface area contributed by atoms with Crippen molar-refractivity contribution in [2.45, 2.75) is 88.1 Å². The van der Waals surface area contributed by atoms with Gasteiger partial charge in [-0.3, -0.25) is 0 Å². The Hall–Kier alpha value is -5.16. The van der Waals surface area contributed by atoms with E-state index in [0.29, 0.717) is 49.7 Å². The standard InChI is InChI=1S/C49H52O10/c1-54-17-5-10-41-43(49-44-42-27(16-19-56-49)15-18-55-47(42)38-24-33(52)12-14-37(38)48(44)59-41)40-26-57-46-30(23-35(25-39(46)45(40)53)58-34-8-2-3-9-34)20-29-22-32(51)11-13-36(29)28-6-4-7-31(50)21-28/h4,6-7,11-14,21-25,27,34,40-41,43,45,49-53H,2-3,5,8-10,15-20,26H2,1H3/t27-,40-,41+,43+,45+,49?/m0/s1. The maximum Gasteiger partial charge on any atom is 0.133 e. The van der Waals surface area contributed by atoms with Gasteiger partial charge in [-0.15, -0.1) is 0 Å². The van der Waals surface area contributed by atoms with Gasteiger partial charge >= 0.3 is 0 Å². The molecule has 1 saturated carbocycles. The molecule has 308 valence electrons. The molecule has 10 rings (SSSR count). The van der Waals surface area contributed by atoms with Crippen LogP contribution in [0.2, 0.25) is 0 Å². The fraction of sp³-hybridized carbons (Fsp3) is 0.429. The SMILES string of the molecule is COCCC[C@H]1Oc2c3c4c(c5cc(O)ccc25)OCC[C@H]4CCOC3[C@@H]1[C@@H]1COc2c(Cc3cc(O)ccc3-c3cccc(O)c3)cc(OC3CCCC3)cc2[C@H]1O. The molecule has 5 aromatic rings. The normalized spacial score (nSPS) is 24.6. The number of phenolic OH excluding ortho intramolecular Hbond substituents is 3. The molecule has 59 heavy (non-hydrogen) atoms. The summed E-state index contributed by atoms with van der Waals surface area (Å²) in [6.45, 7) is 1.95. The van der Waals surface area contributed by atoms with E-state index in [4.69, 9.17) is 28.4 Å². The first-order chi connectivity index (χ1) is 28.8. The maximum absolute atomic E-state index is 12.8. The molecule has 0 saturated heterocycles.